The standard InChI is InChI=1S/C20H17N7O2S/c1-30(28,29)15-4-2-3-13(9-15)23-19-16-7-8-21-18(16)25-20(26-19)24-14-6-5-12-11-22-27-17(12)10-14/h2-11H,1H3,(H,22,27)(H3,21,23,24,25,26). The molecular weight excluding hydrogens is 402 g/mol. The van der Waals surface area contributed by atoms with Crippen LogP contribution in [0.15, 0.2) is 65.8 Å². The van der Waals surface area contributed by atoms with Gasteiger partial charge in [0, 0.05) is 29.2 Å². The second-order valence-corrected chi connectivity index (χ2v) is 8.87. The molecule has 3 aromatic heterocycles. The number of H-pyrrole nitrogens is 2. The van der Waals surface area contributed by atoms with Crippen molar-refractivity contribution in [3.63, 3.8) is 0 Å². The molecule has 0 saturated carbocycles. The quantitative estimate of drug-likeness (QED) is 0.342. The number of hydrogen-bond donors (Lipinski definition) is 4. The van der Waals surface area contributed by atoms with Gasteiger partial charge >= 0.3 is 0 Å². The van der Waals surface area contributed by atoms with Crippen molar-refractivity contribution in [3.05, 3.63) is 60.9 Å². The van der Waals surface area contributed by atoms with Gasteiger partial charge in [-0.15, -0.1) is 0 Å². The molecule has 3 heterocycles. The second-order valence-electron chi connectivity index (χ2n) is 6.86. The van der Waals surface area contributed by atoms with Crippen LogP contribution in [0.4, 0.5) is 23.1 Å². The van der Waals surface area contributed by atoms with Gasteiger partial charge in [0.25, 0.3) is 0 Å². The number of sulfone groups is 1. The van der Waals surface area contributed by atoms with Crippen LogP contribution in [0.1, 0.15) is 0 Å². The number of aromatic amines is 2. The zero-order valence-electron chi connectivity index (χ0n) is 15.8. The lowest BCUT2D eigenvalue weighted by molar-refractivity contribution is 0.602. The predicted molar refractivity (Wildman–Crippen MR) is 116 cm³/mol. The Labute approximate surface area is 171 Å². The smallest absolute Gasteiger partial charge is 0.231 e. The average molecular weight is 419 g/mol. The number of aromatic nitrogens is 5. The number of fused-ring (bicyclic) bond motifs is 2. The zero-order chi connectivity index (χ0) is 20.7. The summed E-state index contributed by atoms with van der Waals surface area (Å²) < 4.78 is 23.7. The molecule has 0 saturated heterocycles. The molecule has 0 amide bonds. The average Bonchev–Trinajstić information content (AvgIpc) is 3.36. The van der Waals surface area contributed by atoms with E-state index in [1.54, 1.807) is 36.7 Å². The van der Waals surface area contributed by atoms with Gasteiger partial charge in [0.15, 0.2) is 9.84 Å². The van der Waals surface area contributed by atoms with E-state index in [4.69, 9.17) is 0 Å². The number of anilines is 4. The lowest BCUT2D eigenvalue weighted by atomic mass is 10.2. The number of rotatable bonds is 5. The highest BCUT2D eigenvalue weighted by atomic mass is 32.2. The highest BCUT2D eigenvalue weighted by Gasteiger charge is 2.12. The minimum atomic E-state index is -3.31. The van der Waals surface area contributed by atoms with Crippen molar-refractivity contribution in [2.24, 2.45) is 0 Å². The molecule has 0 unspecified atom stereocenters. The Kier molecular flexibility index (Phi) is 4.14. The van der Waals surface area contributed by atoms with Crippen molar-refractivity contribution in [1.29, 1.82) is 0 Å². The van der Waals surface area contributed by atoms with Crippen LogP contribution in [0.5, 0.6) is 0 Å². The number of nitrogens with one attached hydrogen (secondary N) is 4. The molecule has 5 rings (SSSR count). The Hall–Kier alpha value is -3.92. The molecule has 0 fully saturated rings. The number of benzene rings is 2. The summed E-state index contributed by atoms with van der Waals surface area (Å²) in [5.74, 6) is 0.947. The van der Waals surface area contributed by atoms with Crippen LogP contribution in [-0.4, -0.2) is 39.8 Å². The highest BCUT2D eigenvalue weighted by molar-refractivity contribution is 7.90. The third-order valence-corrected chi connectivity index (χ3v) is 5.75. The van der Waals surface area contributed by atoms with Crippen LogP contribution >= 0.6 is 0 Å². The Morgan fingerprint density at radius 2 is 1.83 bits per heavy atom. The molecule has 5 aromatic rings. The Balaban J connectivity index is 1.51. The molecule has 4 N–H and O–H groups in total. The molecule has 10 heteroatoms. The Morgan fingerprint density at radius 3 is 2.70 bits per heavy atom. The van der Waals surface area contributed by atoms with Gasteiger partial charge in [-0.05, 0) is 42.5 Å². The third kappa shape index (κ3) is 3.44. The predicted octanol–water partition coefficient (Wildman–Crippen LogP) is 3.72. The first-order valence-corrected chi connectivity index (χ1v) is 11.0. The van der Waals surface area contributed by atoms with E-state index in [1.807, 2.05) is 24.3 Å². The molecular formula is C20H17N7O2S. The van der Waals surface area contributed by atoms with Crippen molar-refractivity contribution < 1.29 is 8.42 Å². The fourth-order valence-corrected chi connectivity index (χ4v) is 3.84. The molecule has 30 heavy (non-hydrogen) atoms. The largest absolute Gasteiger partial charge is 0.346 e. The van der Waals surface area contributed by atoms with Crippen LogP contribution < -0.4 is 10.6 Å². The van der Waals surface area contributed by atoms with Crippen LogP contribution in [0.3, 0.4) is 0 Å². The van der Waals surface area contributed by atoms with Crippen molar-refractivity contribution in [1.82, 2.24) is 25.1 Å². The summed E-state index contributed by atoms with van der Waals surface area (Å²) in [6.07, 6.45) is 4.71. The summed E-state index contributed by atoms with van der Waals surface area (Å²) in [5.41, 5.74) is 2.97. The van der Waals surface area contributed by atoms with Crippen LogP contribution in [0.2, 0.25) is 0 Å². The molecule has 9 nitrogen and oxygen atoms in total. The van der Waals surface area contributed by atoms with E-state index in [2.05, 4.69) is 35.8 Å². The van der Waals surface area contributed by atoms with Gasteiger partial charge in [-0.25, -0.2) is 8.42 Å². The SMILES string of the molecule is CS(=O)(=O)c1cccc(Nc2nc(Nc3ccc4cn[nH]c4c3)nc3[nH]ccc23)c1. The van der Waals surface area contributed by atoms with E-state index >= 15 is 0 Å². The summed E-state index contributed by atoms with van der Waals surface area (Å²) in [5, 5.41) is 15.2. The maximum absolute atomic E-state index is 11.9. The first-order chi connectivity index (χ1) is 14.5. The van der Waals surface area contributed by atoms with Gasteiger partial charge in [-0.1, -0.05) is 6.07 Å². The molecule has 0 atom stereocenters. The van der Waals surface area contributed by atoms with E-state index in [-0.39, 0.29) is 4.90 Å². The molecule has 0 aliphatic rings. The monoisotopic (exact) mass is 419 g/mol. The first kappa shape index (κ1) is 18.1. The Morgan fingerprint density at radius 1 is 0.967 bits per heavy atom. The normalized spacial score (nSPS) is 11.8. The molecule has 2 aromatic carbocycles. The summed E-state index contributed by atoms with van der Waals surface area (Å²) in [6.45, 7) is 0. The maximum atomic E-state index is 11.9. The lowest BCUT2D eigenvalue weighted by Crippen LogP contribution is -2.03. The highest BCUT2D eigenvalue weighted by Crippen LogP contribution is 2.27. The van der Waals surface area contributed by atoms with Gasteiger partial charge in [0.2, 0.25) is 5.95 Å². The van der Waals surface area contributed by atoms with E-state index in [0.29, 0.717) is 23.1 Å². The topological polar surface area (TPSA) is 128 Å². The molecule has 0 aliphatic carbocycles. The summed E-state index contributed by atoms with van der Waals surface area (Å²) in [4.78, 5) is 12.4. The van der Waals surface area contributed by atoms with Crippen LogP contribution in [0.25, 0.3) is 21.9 Å². The van der Waals surface area contributed by atoms with Crippen molar-refractivity contribution in [3.8, 4) is 0 Å². The lowest BCUT2D eigenvalue weighted by Gasteiger charge is -2.11. The van der Waals surface area contributed by atoms with E-state index in [0.717, 1.165) is 22.0 Å². The summed E-state index contributed by atoms with van der Waals surface area (Å²) >= 11 is 0. The molecule has 150 valence electrons. The van der Waals surface area contributed by atoms with Gasteiger partial charge < -0.3 is 15.6 Å². The summed E-state index contributed by atoms with van der Waals surface area (Å²) in [6, 6.07) is 14.3. The second kappa shape index (κ2) is 6.85. The van der Waals surface area contributed by atoms with Crippen molar-refractivity contribution >= 4 is 54.9 Å². The van der Waals surface area contributed by atoms with Crippen molar-refractivity contribution in [2.45, 2.75) is 4.90 Å². The first-order valence-electron chi connectivity index (χ1n) is 9.08. The van der Waals surface area contributed by atoms with E-state index in [9.17, 15) is 8.42 Å². The zero-order valence-corrected chi connectivity index (χ0v) is 16.7. The number of hydrogen-bond acceptors (Lipinski definition) is 7. The van der Waals surface area contributed by atoms with Gasteiger partial charge in [0.1, 0.15) is 11.5 Å². The van der Waals surface area contributed by atoms with Crippen LogP contribution in [0, 0.1) is 0 Å². The van der Waals surface area contributed by atoms with Crippen molar-refractivity contribution in [2.75, 3.05) is 16.9 Å². The molecule has 0 bridgehead atoms. The van der Waals surface area contributed by atoms with Gasteiger partial charge in [0.05, 0.1) is 22.0 Å². The van der Waals surface area contributed by atoms with E-state index in [1.165, 1.54) is 6.26 Å². The summed E-state index contributed by atoms with van der Waals surface area (Å²) in [7, 11) is -3.31. The third-order valence-electron chi connectivity index (χ3n) is 4.64. The van der Waals surface area contributed by atoms with Crippen LogP contribution in [-0.2, 0) is 9.84 Å². The number of nitrogens with zero attached hydrogens (tertiary/aromatic N) is 3. The minimum Gasteiger partial charge on any atom is -0.346 e. The van der Waals surface area contributed by atoms with E-state index < -0.39 is 9.84 Å². The maximum Gasteiger partial charge on any atom is 0.231 e. The molecule has 0 spiro atoms. The Bertz CT molecular complexity index is 1490. The molecule has 0 radical (unpaired) electrons. The fraction of sp³-hybridized carbons (Fsp3) is 0.0500. The molecule has 0 aliphatic heterocycles. The van der Waals surface area contributed by atoms with Gasteiger partial charge in [-0.2, -0.15) is 15.1 Å². The fourth-order valence-electron chi connectivity index (χ4n) is 3.18. The minimum absolute atomic E-state index is 0.234. The van der Waals surface area contributed by atoms with Gasteiger partial charge in [-0.3, -0.25) is 5.10 Å².